The average Bonchev–Trinajstić information content (AvgIpc) is 3.74. The number of methoxy groups -OCH3 is 1. The molecule has 11 nitrogen and oxygen atoms in total. The predicted octanol–water partition coefficient (Wildman–Crippen LogP) is 7.07. The Morgan fingerprint density at radius 2 is 1.92 bits per heavy atom. The van der Waals surface area contributed by atoms with Gasteiger partial charge in [-0.1, -0.05) is 25.1 Å². The fourth-order valence-corrected chi connectivity index (χ4v) is 8.41. The van der Waals surface area contributed by atoms with E-state index in [-0.39, 0.29) is 67.1 Å². The van der Waals surface area contributed by atoms with Crippen LogP contribution in [0, 0.1) is 5.82 Å². The fraction of sp³-hybridized carbons (Fsp3) is 0.550. The predicted molar refractivity (Wildman–Crippen MR) is 198 cm³/mol. The zero-order valence-electron chi connectivity index (χ0n) is 34.7. The average molecular weight is 735 g/mol. The Morgan fingerprint density at radius 3 is 2.66 bits per heavy atom. The third kappa shape index (κ3) is 6.60. The Labute approximate surface area is 314 Å². The van der Waals surface area contributed by atoms with Gasteiger partial charge >= 0.3 is 12.1 Å². The number of carbonyl (C=O) groups is 1. The van der Waals surface area contributed by atoms with Gasteiger partial charge in [-0.05, 0) is 87.8 Å². The lowest BCUT2D eigenvalue weighted by Crippen LogP contribution is -2.57. The summed E-state index contributed by atoms with van der Waals surface area (Å²) in [6.45, 7) is 3.17. The summed E-state index contributed by atoms with van der Waals surface area (Å²) in [5.41, 5.74) is -1.10. The van der Waals surface area contributed by atoms with E-state index in [1.807, 2.05) is 56.9 Å². The highest BCUT2D eigenvalue weighted by Gasteiger charge is 2.50. The maximum Gasteiger partial charge on any atom is 0.410 e. The van der Waals surface area contributed by atoms with Crippen LogP contribution in [0.15, 0.2) is 36.5 Å². The van der Waals surface area contributed by atoms with Crippen molar-refractivity contribution in [3.05, 3.63) is 47.9 Å². The molecule has 6 heterocycles. The smallest absolute Gasteiger partial charge is 0.410 e. The van der Waals surface area contributed by atoms with Crippen LogP contribution in [0.4, 0.5) is 19.4 Å². The molecule has 4 fully saturated rings. The number of hydrogen-bond donors (Lipinski definition) is 0. The van der Waals surface area contributed by atoms with Crippen LogP contribution >= 0.6 is 0 Å². The molecular weight excluding hydrogens is 682 g/mol. The first-order valence-corrected chi connectivity index (χ1v) is 18.4. The summed E-state index contributed by atoms with van der Waals surface area (Å²) in [6, 6.07) is 8.41. The lowest BCUT2D eigenvalue weighted by atomic mass is 9.95. The first-order valence-electron chi connectivity index (χ1n) is 20.4. The number of halogens is 2. The molecule has 2 aromatic carbocycles. The van der Waals surface area contributed by atoms with E-state index < -0.39 is 48.3 Å². The molecular formula is C40H48F2N6O5. The van der Waals surface area contributed by atoms with E-state index in [1.54, 1.807) is 11.0 Å². The largest absolute Gasteiger partial charge is 0.468 e. The van der Waals surface area contributed by atoms with E-state index in [1.165, 1.54) is 18.2 Å². The minimum atomic E-state index is -2.68. The molecule has 4 atom stereocenters. The molecule has 4 aliphatic heterocycles. The van der Waals surface area contributed by atoms with Crippen LogP contribution in [0.2, 0.25) is 0 Å². The second kappa shape index (κ2) is 13.8. The molecule has 4 aliphatic rings. The van der Waals surface area contributed by atoms with Crippen molar-refractivity contribution < 1.29 is 38.0 Å². The molecule has 4 saturated heterocycles. The standard InChI is InChI=1S/C40H48F2N6O5/c1-6-24-9-7-10-25-15-29(52-23-50-5)16-30(32(24)25)34-33(42)35-31(18-43-34)36(45-37(44-35)51-22-40-13-8-14-47(40)19-26(41)17-40)46-20-27-11-12-28(21-46)48(27)38(49)53-39(2,3)4/h7,9-10,15-16,18,26-28H,6,8,11-14,17,19-23H2,1-5H3/t26-,27-,28+,40+/m1/s1/i14D2,22D2. The summed E-state index contributed by atoms with van der Waals surface area (Å²) in [6.07, 6.45) is 1.41. The molecule has 0 spiro atoms. The molecule has 8 rings (SSSR count). The topological polar surface area (TPSA) is 102 Å². The number of alkyl halides is 1. The van der Waals surface area contributed by atoms with E-state index in [2.05, 4.69) is 4.98 Å². The molecule has 1 amide bonds. The molecule has 282 valence electrons. The quantitative estimate of drug-likeness (QED) is 0.166. The summed E-state index contributed by atoms with van der Waals surface area (Å²) in [4.78, 5) is 32.2. The van der Waals surface area contributed by atoms with Gasteiger partial charge in [-0.2, -0.15) is 9.97 Å². The van der Waals surface area contributed by atoms with E-state index >= 15 is 8.78 Å². The van der Waals surface area contributed by atoms with Gasteiger partial charge in [0, 0.05) is 47.7 Å². The van der Waals surface area contributed by atoms with Gasteiger partial charge in [-0.3, -0.25) is 14.8 Å². The molecule has 0 aliphatic carbocycles. The van der Waals surface area contributed by atoms with Crippen molar-refractivity contribution in [1.82, 2.24) is 24.8 Å². The SMILES string of the molecule is [2H]C1([2H])CC[C@@]2(C([2H])([2H])Oc3nc(N4C[C@H]5CC[C@@H](C4)N5C(=O)OC(C)(C)C)c4cnc(-c5cc(OCOC)cc6cccc(CC)c56)c(F)c4n3)C[C@@H](F)CN12. The normalized spacial score (nSPS) is 26.7. The number of pyridine rings is 1. The van der Waals surface area contributed by atoms with Gasteiger partial charge in [0.2, 0.25) is 0 Å². The number of hydrogen-bond acceptors (Lipinski definition) is 10. The Hall–Kier alpha value is -4.36. The number of amides is 1. The second-order valence-electron chi connectivity index (χ2n) is 15.4. The first-order chi connectivity index (χ1) is 26.9. The Morgan fingerprint density at radius 1 is 1.13 bits per heavy atom. The third-order valence-corrected chi connectivity index (χ3v) is 10.7. The number of fused-ring (bicyclic) bond motifs is 5. The molecule has 0 N–H and O–H groups in total. The molecule has 0 unspecified atom stereocenters. The van der Waals surface area contributed by atoms with Gasteiger partial charge < -0.3 is 23.8 Å². The summed E-state index contributed by atoms with van der Waals surface area (Å²) in [7, 11) is 1.51. The van der Waals surface area contributed by atoms with Gasteiger partial charge in [0.05, 0.1) is 25.8 Å². The van der Waals surface area contributed by atoms with Crippen LogP contribution in [0.3, 0.4) is 0 Å². The molecule has 53 heavy (non-hydrogen) atoms. The number of aromatic nitrogens is 3. The van der Waals surface area contributed by atoms with Crippen molar-refractivity contribution in [2.45, 2.75) is 95.6 Å². The lowest BCUT2D eigenvalue weighted by Gasteiger charge is -2.42. The van der Waals surface area contributed by atoms with E-state index in [0.29, 0.717) is 43.7 Å². The molecule has 4 aromatic rings. The number of aryl methyl sites for hydroxylation is 1. The number of benzene rings is 2. The zero-order chi connectivity index (χ0) is 40.7. The number of nitrogens with zero attached hydrogens (tertiary/aromatic N) is 6. The van der Waals surface area contributed by atoms with E-state index in [4.69, 9.17) is 31.7 Å². The van der Waals surface area contributed by atoms with Gasteiger partial charge in [0.1, 0.15) is 41.1 Å². The molecule has 0 radical (unpaired) electrons. The second-order valence-corrected chi connectivity index (χ2v) is 15.4. The number of anilines is 1. The summed E-state index contributed by atoms with van der Waals surface area (Å²) < 4.78 is 90.7. The number of carbonyl (C=O) groups excluding carboxylic acids is 1. The third-order valence-electron chi connectivity index (χ3n) is 10.7. The molecule has 2 aromatic heterocycles. The van der Waals surface area contributed by atoms with Crippen LogP contribution < -0.4 is 14.4 Å². The summed E-state index contributed by atoms with van der Waals surface area (Å²) in [5, 5.41) is 1.84. The maximum atomic E-state index is 17.5. The Kier molecular flexibility index (Phi) is 8.08. The van der Waals surface area contributed by atoms with Crippen molar-refractivity contribution in [2.24, 2.45) is 0 Å². The van der Waals surface area contributed by atoms with Crippen LogP contribution in [0.25, 0.3) is 32.9 Å². The minimum absolute atomic E-state index is 0.000587. The van der Waals surface area contributed by atoms with Crippen molar-refractivity contribution in [3.8, 4) is 23.0 Å². The lowest BCUT2D eigenvalue weighted by molar-refractivity contribution is 0.0122. The fourth-order valence-electron chi connectivity index (χ4n) is 8.41. The van der Waals surface area contributed by atoms with Crippen molar-refractivity contribution in [3.63, 3.8) is 0 Å². The maximum absolute atomic E-state index is 17.5. The van der Waals surface area contributed by atoms with Crippen molar-refractivity contribution >= 4 is 33.6 Å². The highest BCUT2D eigenvalue weighted by atomic mass is 19.1. The van der Waals surface area contributed by atoms with Crippen LogP contribution in [-0.2, 0) is 15.9 Å². The van der Waals surface area contributed by atoms with Crippen molar-refractivity contribution in [2.75, 3.05) is 51.5 Å². The molecule has 0 saturated carbocycles. The molecule has 2 bridgehead atoms. The highest BCUT2D eigenvalue weighted by molar-refractivity contribution is 6.01. The van der Waals surface area contributed by atoms with Gasteiger partial charge in [-0.15, -0.1) is 0 Å². The van der Waals surface area contributed by atoms with E-state index in [9.17, 15) is 7.54 Å². The highest BCUT2D eigenvalue weighted by Crippen LogP contribution is 2.43. The Bertz CT molecular complexity index is 2220. The molecule has 13 heteroatoms. The van der Waals surface area contributed by atoms with Gasteiger partial charge in [-0.25, -0.2) is 13.6 Å². The summed E-state index contributed by atoms with van der Waals surface area (Å²) in [5.74, 6) is -0.114. The first kappa shape index (κ1) is 31.0. The number of rotatable bonds is 9. The number of piperazine rings is 1. The van der Waals surface area contributed by atoms with Crippen LogP contribution in [0.1, 0.15) is 70.8 Å². The monoisotopic (exact) mass is 734 g/mol. The van der Waals surface area contributed by atoms with E-state index in [0.717, 1.165) is 16.3 Å². The summed E-state index contributed by atoms with van der Waals surface area (Å²) >= 11 is 0. The van der Waals surface area contributed by atoms with Crippen LogP contribution in [0.5, 0.6) is 11.8 Å². The van der Waals surface area contributed by atoms with Gasteiger partial charge in [0.25, 0.3) is 0 Å². The Balaban J connectivity index is 1.27. The van der Waals surface area contributed by atoms with Crippen molar-refractivity contribution in [1.29, 1.82) is 0 Å². The van der Waals surface area contributed by atoms with Crippen LogP contribution in [-0.4, -0.2) is 107 Å². The van der Waals surface area contributed by atoms with Gasteiger partial charge in [0.15, 0.2) is 12.6 Å². The zero-order valence-corrected chi connectivity index (χ0v) is 30.7. The minimum Gasteiger partial charge on any atom is -0.468 e. The number of ether oxygens (including phenoxy) is 4.